The highest BCUT2D eigenvalue weighted by atomic mass is 35.5. The van der Waals surface area contributed by atoms with E-state index in [1.165, 1.54) is 10.9 Å². The third-order valence-corrected chi connectivity index (χ3v) is 6.86. The number of rotatable bonds is 3. The highest BCUT2D eigenvalue weighted by molar-refractivity contribution is 6.30. The Morgan fingerprint density at radius 1 is 1.00 bits per heavy atom. The molecule has 0 amide bonds. The first-order valence-electron chi connectivity index (χ1n) is 11.1. The largest absolute Gasteiger partial charge is 0.308 e. The Hall–Kier alpha value is -3.02. The van der Waals surface area contributed by atoms with E-state index < -0.39 is 0 Å². The molecule has 2 aliphatic rings. The number of nitrogens with zero attached hydrogens (tertiary/aromatic N) is 4. The van der Waals surface area contributed by atoms with Gasteiger partial charge in [0, 0.05) is 60.5 Å². The zero-order valence-electron chi connectivity index (χ0n) is 17.7. The molecule has 0 unspecified atom stereocenters. The van der Waals surface area contributed by atoms with Gasteiger partial charge in [0.2, 0.25) is 0 Å². The second-order valence-corrected chi connectivity index (χ2v) is 9.15. The standard InChI is InChI=1S/C26H23ClN4O/c27-22-8-6-18(7-9-22)25-28-14-21-16-30(12-10-23(21)29-25)15-20-13-19-4-1-3-17-5-2-11-31(24(17)19)26(20)32/h1,3-4,6-9,13-14H,2,5,10-12,15-16H2. The molecule has 4 aromatic rings. The van der Waals surface area contributed by atoms with Crippen molar-refractivity contribution in [1.82, 2.24) is 19.4 Å². The minimum atomic E-state index is 0.157. The van der Waals surface area contributed by atoms with Gasteiger partial charge in [-0.2, -0.15) is 0 Å². The lowest BCUT2D eigenvalue weighted by Gasteiger charge is -2.28. The monoisotopic (exact) mass is 442 g/mol. The topological polar surface area (TPSA) is 51.0 Å². The van der Waals surface area contributed by atoms with Gasteiger partial charge in [-0.3, -0.25) is 9.69 Å². The number of benzene rings is 2. The maximum Gasteiger partial charge on any atom is 0.255 e. The van der Waals surface area contributed by atoms with Crippen molar-refractivity contribution in [3.63, 3.8) is 0 Å². The average Bonchev–Trinajstić information content (AvgIpc) is 2.82. The maximum absolute atomic E-state index is 13.2. The van der Waals surface area contributed by atoms with Crippen LogP contribution in [0.2, 0.25) is 5.02 Å². The summed E-state index contributed by atoms with van der Waals surface area (Å²) < 4.78 is 1.99. The van der Waals surface area contributed by atoms with Gasteiger partial charge in [-0.25, -0.2) is 9.97 Å². The van der Waals surface area contributed by atoms with Crippen molar-refractivity contribution in [1.29, 1.82) is 0 Å². The Morgan fingerprint density at radius 3 is 2.75 bits per heavy atom. The number of hydrogen-bond donors (Lipinski definition) is 0. The van der Waals surface area contributed by atoms with E-state index in [0.29, 0.717) is 11.6 Å². The smallest absolute Gasteiger partial charge is 0.255 e. The molecule has 0 spiro atoms. The second kappa shape index (κ2) is 7.84. The number of aryl methyl sites for hydroxylation is 2. The predicted octanol–water partition coefficient (Wildman–Crippen LogP) is 4.62. The molecular weight excluding hydrogens is 420 g/mol. The van der Waals surface area contributed by atoms with Crippen LogP contribution in [0.15, 0.2) is 59.5 Å². The molecule has 2 aromatic heterocycles. The molecule has 0 atom stereocenters. The third kappa shape index (κ3) is 3.42. The number of aromatic nitrogens is 3. The molecule has 6 rings (SSSR count). The fourth-order valence-corrected chi connectivity index (χ4v) is 5.15. The van der Waals surface area contributed by atoms with Gasteiger partial charge in [-0.15, -0.1) is 0 Å². The van der Waals surface area contributed by atoms with Crippen LogP contribution in [0.25, 0.3) is 22.3 Å². The Bertz CT molecular complexity index is 1390. The normalized spacial score (nSPS) is 15.7. The van der Waals surface area contributed by atoms with Crippen molar-refractivity contribution in [2.45, 2.75) is 38.9 Å². The van der Waals surface area contributed by atoms with Gasteiger partial charge < -0.3 is 4.57 Å². The summed E-state index contributed by atoms with van der Waals surface area (Å²) in [5, 5.41) is 1.88. The van der Waals surface area contributed by atoms with Crippen LogP contribution in [0.5, 0.6) is 0 Å². The molecule has 0 N–H and O–H groups in total. The van der Waals surface area contributed by atoms with Crippen LogP contribution in [0.4, 0.5) is 0 Å². The summed E-state index contributed by atoms with van der Waals surface area (Å²) in [6.45, 7) is 3.09. The quantitative estimate of drug-likeness (QED) is 0.464. The van der Waals surface area contributed by atoms with E-state index >= 15 is 0 Å². The Balaban J connectivity index is 1.27. The van der Waals surface area contributed by atoms with Crippen LogP contribution in [0.1, 0.15) is 28.8 Å². The average molecular weight is 443 g/mol. The van der Waals surface area contributed by atoms with Crippen LogP contribution < -0.4 is 5.56 Å². The highest BCUT2D eigenvalue weighted by Crippen LogP contribution is 2.26. The molecule has 5 nitrogen and oxygen atoms in total. The van der Waals surface area contributed by atoms with Gasteiger partial charge in [-0.05, 0) is 54.1 Å². The number of hydrogen-bond acceptors (Lipinski definition) is 4. The van der Waals surface area contributed by atoms with Gasteiger partial charge >= 0.3 is 0 Å². The molecule has 32 heavy (non-hydrogen) atoms. The first-order chi connectivity index (χ1) is 15.7. The molecule has 0 bridgehead atoms. The molecule has 0 aliphatic carbocycles. The minimum absolute atomic E-state index is 0.157. The van der Waals surface area contributed by atoms with E-state index in [0.717, 1.165) is 72.6 Å². The van der Waals surface area contributed by atoms with Crippen molar-refractivity contribution >= 4 is 22.5 Å². The van der Waals surface area contributed by atoms with E-state index in [1.54, 1.807) is 0 Å². The SMILES string of the molecule is O=c1c(CN2CCc3nc(-c4ccc(Cl)cc4)ncc3C2)cc2cccc3c2n1CCC3. The number of pyridine rings is 1. The van der Waals surface area contributed by atoms with Gasteiger partial charge in [-0.1, -0.05) is 29.8 Å². The molecule has 160 valence electrons. The van der Waals surface area contributed by atoms with Gasteiger partial charge in [0.1, 0.15) is 0 Å². The summed E-state index contributed by atoms with van der Waals surface area (Å²) in [5.41, 5.74) is 6.65. The van der Waals surface area contributed by atoms with Gasteiger partial charge in [0.25, 0.3) is 5.56 Å². The van der Waals surface area contributed by atoms with Crippen LogP contribution in [0, 0.1) is 0 Å². The summed E-state index contributed by atoms with van der Waals surface area (Å²) in [4.78, 5) is 25.0. The molecular formula is C26H23ClN4O. The van der Waals surface area contributed by atoms with Crippen molar-refractivity contribution in [3.8, 4) is 11.4 Å². The van der Waals surface area contributed by atoms with Crippen LogP contribution in [-0.4, -0.2) is 26.0 Å². The zero-order valence-corrected chi connectivity index (χ0v) is 18.5. The second-order valence-electron chi connectivity index (χ2n) is 8.72. The van der Waals surface area contributed by atoms with Crippen molar-refractivity contribution in [2.75, 3.05) is 6.54 Å². The number of fused-ring (bicyclic) bond motifs is 1. The van der Waals surface area contributed by atoms with Crippen LogP contribution in [0.3, 0.4) is 0 Å². The summed E-state index contributed by atoms with van der Waals surface area (Å²) in [7, 11) is 0. The fourth-order valence-electron chi connectivity index (χ4n) is 5.03. The number of halogens is 1. The lowest BCUT2D eigenvalue weighted by molar-refractivity contribution is 0.241. The van der Waals surface area contributed by atoms with E-state index in [-0.39, 0.29) is 5.56 Å². The summed E-state index contributed by atoms with van der Waals surface area (Å²) in [6, 6.07) is 16.1. The van der Waals surface area contributed by atoms with Crippen molar-refractivity contribution in [2.24, 2.45) is 0 Å². The maximum atomic E-state index is 13.2. The molecule has 2 aliphatic heterocycles. The van der Waals surface area contributed by atoms with Crippen LogP contribution >= 0.6 is 11.6 Å². The summed E-state index contributed by atoms with van der Waals surface area (Å²) in [6.07, 6.45) is 4.86. The molecule has 6 heteroatoms. The van der Waals surface area contributed by atoms with Gasteiger partial charge in [0.05, 0.1) is 11.2 Å². The summed E-state index contributed by atoms with van der Waals surface area (Å²) in [5.74, 6) is 0.733. The van der Waals surface area contributed by atoms with Crippen molar-refractivity contribution in [3.05, 3.63) is 92.5 Å². The molecule has 0 saturated heterocycles. The summed E-state index contributed by atoms with van der Waals surface area (Å²) >= 11 is 6.00. The Labute approximate surface area is 191 Å². The molecule has 4 heterocycles. The zero-order chi connectivity index (χ0) is 21.7. The Morgan fingerprint density at radius 2 is 1.88 bits per heavy atom. The first-order valence-corrected chi connectivity index (χ1v) is 11.5. The fraction of sp³-hybridized carbons (Fsp3) is 0.269. The van der Waals surface area contributed by atoms with Crippen LogP contribution in [-0.2, 0) is 32.5 Å². The van der Waals surface area contributed by atoms with Crippen molar-refractivity contribution < 1.29 is 0 Å². The molecule has 0 fully saturated rings. The minimum Gasteiger partial charge on any atom is -0.308 e. The lowest BCUT2D eigenvalue weighted by atomic mass is 9.99. The van der Waals surface area contributed by atoms with Gasteiger partial charge in [0.15, 0.2) is 5.82 Å². The van der Waals surface area contributed by atoms with E-state index in [4.69, 9.17) is 16.6 Å². The molecule has 0 radical (unpaired) electrons. The lowest BCUT2D eigenvalue weighted by Crippen LogP contribution is -2.35. The third-order valence-electron chi connectivity index (χ3n) is 6.61. The number of para-hydroxylation sites is 1. The first kappa shape index (κ1) is 19.6. The van der Waals surface area contributed by atoms with E-state index in [1.807, 2.05) is 35.0 Å². The predicted molar refractivity (Wildman–Crippen MR) is 127 cm³/mol. The molecule has 2 aromatic carbocycles. The highest BCUT2D eigenvalue weighted by Gasteiger charge is 2.22. The molecule has 0 saturated carbocycles. The Kier molecular flexibility index (Phi) is 4.81. The van der Waals surface area contributed by atoms with E-state index in [2.05, 4.69) is 34.1 Å². The van der Waals surface area contributed by atoms with E-state index in [9.17, 15) is 4.79 Å².